The Morgan fingerprint density at radius 1 is 0.970 bits per heavy atom. The van der Waals surface area contributed by atoms with Crippen LogP contribution in [0.25, 0.3) is 11.3 Å². The average Bonchev–Trinajstić information content (AvgIpc) is 2.84. The van der Waals surface area contributed by atoms with Crippen LogP contribution < -0.4 is 14.7 Å². The predicted molar refractivity (Wildman–Crippen MR) is 143 cm³/mol. The standard InChI is InChI=1S/C26H34N5OP/c1-4-5-6-7-8-12-19-32-22-17-15-21(16-18-22)28-26-29-23(20-13-10-9-11-14-20)24(27-2)25(30-26)31(3)33/h9-11,13-18H,2,4-8,12,19,33H2,1,3H3,(H,28,29,30). The number of rotatable bonds is 13. The highest BCUT2D eigenvalue weighted by molar-refractivity contribution is 7.19. The number of benzene rings is 2. The number of ether oxygens (including phenoxy) is 1. The highest BCUT2D eigenvalue weighted by Gasteiger charge is 2.17. The number of anilines is 3. The second-order valence-electron chi connectivity index (χ2n) is 7.97. The van der Waals surface area contributed by atoms with E-state index in [0.717, 1.165) is 35.7 Å². The third-order valence-electron chi connectivity index (χ3n) is 5.28. The summed E-state index contributed by atoms with van der Waals surface area (Å²) in [6, 6.07) is 17.8. The van der Waals surface area contributed by atoms with Gasteiger partial charge in [0.25, 0.3) is 0 Å². The largest absolute Gasteiger partial charge is 0.494 e. The molecule has 0 spiro atoms. The molecule has 0 aliphatic carbocycles. The van der Waals surface area contributed by atoms with Gasteiger partial charge in [0.05, 0.1) is 6.61 Å². The lowest BCUT2D eigenvalue weighted by atomic mass is 10.1. The van der Waals surface area contributed by atoms with Gasteiger partial charge in [-0.3, -0.25) is 4.99 Å². The van der Waals surface area contributed by atoms with E-state index in [9.17, 15) is 0 Å². The Hall–Kier alpha value is -2.98. The second-order valence-corrected chi connectivity index (χ2v) is 8.74. The topological polar surface area (TPSA) is 62.6 Å². The van der Waals surface area contributed by atoms with Gasteiger partial charge in [-0.05, 0) is 46.8 Å². The third-order valence-corrected chi connectivity index (χ3v) is 5.53. The average molecular weight is 464 g/mol. The SMILES string of the molecule is C=Nc1c(-c2ccccc2)nc(Nc2ccc(OCCCCCCCC)cc2)nc1N(C)P. The molecule has 0 saturated heterocycles. The molecule has 3 rings (SSSR count). The molecule has 7 heteroatoms. The molecule has 0 bridgehead atoms. The van der Waals surface area contributed by atoms with Crippen molar-refractivity contribution in [3.8, 4) is 17.0 Å². The van der Waals surface area contributed by atoms with E-state index in [1.54, 1.807) is 0 Å². The Bertz CT molecular complexity index is 1010. The molecule has 33 heavy (non-hydrogen) atoms. The molecular weight excluding hydrogens is 429 g/mol. The van der Waals surface area contributed by atoms with E-state index in [2.05, 4.69) is 38.3 Å². The first-order chi connectivity index (χ1) is 16.1. The van der Waals surface area contributed by atoms with Gasteiger partial charge in [0.1, 0.15) is 17.1 Å². The number of aromatic nitrogens is 2. The summed E-state index contributed by atoms with van der Waals surface area (Å²) in [5.74, 6) is 2.04. The van der Waals surface area contributed by atoms with Gasteiger partial charge >= 0.3 is 0 Å². The fourth-order valence-electron chi connectivity index (χ4n) is 3.52. The Morgan fingerprint density at radius 2 is 1.67 bits per heavy atom. The van der Waals surface area contributed by atoms with Crippen LogP contribution in [0.2, 0.25) is 0 Å². The second kappa shape index (κ2) is 12.9. The third kappa shape index (κ3) is 7.26. The van der Waals surface area contributed by atoms with Crippen LogP contribution >= 0.6 is 9.39 Å². The van der Waals surface area contributed by atoms with E-state index >= 15 is 0 Å². The summed E-state index contributed by atoms with van der Waals surface area (Å²) in [6.45, 7) is 6.72. The number of aliphatic imine (C=N–C) groups is 1. The molecule has 2 aromatic carbocycles. The van der Waals surface area contributed by atoms with E-state index in [0.29, 0.717) is 17.5 Å². The van der Waals surface area contributed by atoms with Gasteiger partial charge in [0.2, 0.25) is 5.95 Å². The van der Waals surface area contributed by atoms with Gasteiger partial charge in [0, 0.05) is 18.3 Å². The first-order valence-electron chi connectivity index (χ1n) is 11.5. The number of unbranched alkanes of at least 4 members (excludes halogenated alkanes) is 5. The number of nitrogens with zero attached hydrogens (tertiary/aromatic N) is 4. The lowest BCUT2D eigenvalue weighted by Gasteiger charge is -2.18. The summed E-state index contributed by atoms with van der Waals surface area (Å²) in [4.78, 5) is 13.6. The molecule has 6 nitrogen and oxygen atoms in total. The van der Waals surface area contributed by atoms with E-state index in [-0.39, 0.29) is 0 Å². The minimum Gasteiger partial charge on any atom is -0.494 e. The van der Waals surface area contributed by atoms with Crippen LogP contribution in [0.15, 0.2) is 59.6 Å². The molecule has 0 aliphatic heterocycles. The van der Waals surface area contributed by atoms with Gasteiger partial charge in [-0.15, -0.1) is 0 Å². The molecule has 0 amide bonds. The number of hydrogen-bond acceptors (Lipinski definition) is 6. The van der Waals surface area contributed by atoms with Crippen molar-refractivity contribution in [2.24, 2.45) is 4.99 Å². The van der Waals surface area contributed by atoms with Crippen molar-refractivity contribution in [3.05, 3.63) is 54.6 Å². The molecule has 1 atom stereocenters. The van der Waals surface area contributed by atoms with Gasteiger partial charge in [-0.2, -0.15) is 4.98 Å². The molecule has 1 N–H and O–H groups in total. The summed E-state index contributed by atoms with van der Waals surface area (Å²) in [5, 5.41) is 3.31. The maximum atomic E-state index is 5.89. The molecule has 1 heterocycles. The summed E-state index contributed by atoms with van der Waals surface area (Å²) in [5.41, 5.74) is 3.21. The molecule has 0 aliphatic rings. The summed E-state index contributed by atoms with van der Waals surface area (Å²) in [7, 11) is 4.52. The summed E-state index contributed by atoms with van der Waals surface area (Å²) < 4.78 is 7.72. The first kappa shape index (κ1) is 24.7. The van der Waals surface area contributed by atoms with Gasteiger partial charge in [0.15, 0.2) is 5.82 Å². The van der Waals surface area contributed by atoms with E-state index in [4.69, 9.17) is 9.72 Å². The van der Waals surface area contributed by atoms with Crippen molar-refractivity contribution in [3.63, 3.8) is 0 Å². The molecule has 1 unspecified atom stereocenters. The molecule has 0 radical (unpaired) electrons. The molecule has 0 saturated carbocycles. The zero-order valence-corrected chi connectivity index (χ0v) is 20.8. The predicted octanol–water partition coefficient (Wildman–Crippen LogP) is 7.18. The number of nitrogens with one attached hydrogen (secondary N) is 1. The minimum absolute atomic E-state index is 0.492. The fraction of sp³-hybridized carbons (Fsp3) is 0.346. The molecular formula is C26H34N5OP. The summed E-state index contributed by atoms with van der Waals surface area (Å²) in [6.07, 6.45) is 7.53. The normalized spacial score (nSPS) is 10.6. The van der Waals surface area contributed by atoms with Gasteiger partial charge in [-0.25, -0.2) is 4.98 Å². The monoisotopic (exact) mass is 463 g/mol. The van der Waals surface area contributed by atoms with Crippen molar-refractivity contribution >= 4 is 39.2 Å². The highest BCUT2D eigenvalue weighted by atomic mass is 31.0. The molecule has 1 aromatic heterocycles. The van der Waals surface area contributed by atoms with Crippen LogP contribution in [-0.4, -0.2) is 30.3 Å². The van der Waals surface area contributed by atoms with E-state index in [1.807, 2.05) is 66.3 Å². The van der Waals surface area contributed by atoms with Gasteiger partial charge < -0.3 is 14.7 Å². The molecule has 0 fully saturated rings. The van der Waals surface area contributed by atoms with Crippen LogP contribution in [0.4, 0.5) is 23.1 Å². The van der Waals surface area contributed by atoms with Gasteiger partial charge in [-0.1, -0.05) is 69.4 Å². The zero-order chi connectivity index (χ0) is 23.5. The Labute approximate surface area is 199 Å². The van der Waals surface area contributed by atoms with Crippen molar-refractivity contribution in [2.75, 3.05) is 23.6 Å². The van der Waals surface area contributed by atoms with Crippen molar-refractivity contribution in [2.45, 2.75) is 45.4 Å². The van der Waals surface area contributed by atoms with Crippen molar-refractivity contribution in [1.29, 1.82) is 0 Å². The van der Waals surface area contributed by atoms with Crippen LogP contribution in [0.3, 0.4) is 0 Å². The maximum Gasteiger partial charge on any atom is 0.229 e. The highest BCUT2D eigenvalue weighted by Crippen LogP contribution is 2.38. The van der Waals surface area contributed by atoms with E-state index < -0.39 is 0 Å². The van der Waals surface area contributed by atoms with Crippen molar-refractivity contribution in [1.82, 2.24) is 9.97 Å². The number of hydrogen-bond donors (Lipinski definition) is 1. The van der Waals surface area contributed by atoms with Crippen LogP contribution in [-0.2, 0) is 0 Å². The van der Waals surface area contributed by atoms with Crippen LogP contribution in [0, 0.1) is 0 Å². The van der Waals surface area contributed by atoms with Crippen molar-refractivity contribution < 1.29 is 4.74 Å². The Morgan fingerprint density at radius 3 is 2.33 bits per heavy atom. The Kier molecular flexibility index (Phi) is 9.64. The van der Waals surface area contributed by atoms with Crippen LogP contribution in [0.5, 0.6) is 5.75 Å². The fourth-order valence-corrected chi connectivity index (χ4v) is 3.70. The lowest BCUT2D eigenvalue weighted by molar-refractivity contribution is 0.304. The quantitative estimate of drug-likeness (QED) is 0.165. The van der Waals surface area contributed by atoms with Crippen LogP contribution in [0.1, 0.15) is 45.4 Å². The minimum atomic E-state index is 0.492. The smallest absolute Gasteiger partial charge is 0.229 e. The van der Waals surface area contributed by atoms with E-state index in [1.165, 1.54) is 32.1 Å². The maximum absolute atomic E-state index is 5.89. The Balaban J connectivity index is 1.69. The lowest BCUT2D eigenvalue weighted by Crippen LogP contribution is -2.08. The molecule has 174 valence electrons. The molecule has 3 aromatic rings. The first-order valence-corrected chi connectivity index (χ1v) is 12.1. The zero-order valence-electron chi connectivity index (χ0n) is 19.6. The summed E-state index contributed by atoms with van der Waals surface area (Å²) >= 11 is 0.